The lowest BCUT2D eigenvalue weighted by Gasteiger charge is -2.28. The standard InChI is InChI=1S/C22H23N3O3S2/c1-14-8-9-19(15(2)12-14)30(27,28)24-22-23-16(3)20(29-22)21(26)25-11-10-17-6-4-5-7-18(17)13-25/h4-9,12H,10-11,13H2,1-3H3,(H,23,24). The van der Waals surface area contributed by atoms with Gasteiger partial charge in [-0.05, 0) is 49.9 Å². The number of carbonyl (C=O) groups excluding carboxylic acids is 1. The van der Waals surface area contributed by atoms with Crippen LogP contribution >= 0.6 is 11.3 Å². The number of thiazole rings is 1. The average Bonchev–Trinajstić information content (AvgIpc) is 3.05. The molecule has 1 aliphatic heterocycles. The van der Waals surface area contributed by atoms with Crippen molar-refractivity contribution in [3.05, 3.63) is 75.3 Å². The number of sulfonamides is 1. The first kappa shape index (κ1) is 20.6. The molecule has 0 radical (unpaired) electrons. The number of hydrogen-bond acceptors (Lipinski definition) is 5. The summed E-state index contributed by atoms with van der Waals surface area (Å²) in [6.07, 6.45) is 0.811. The van der Waals surface area contributed by atoms with Gasteiger partial charge in [-0.1, -0.05) is 53.3 Å². The van der Waals surface area contributed by atoms with Crippen LogP contribution < -0.4 is 4.72 Å². The maximum Gasteiger partial charge on any atom is 0.266 e. The van der Waals surface area contributed by atoms with Crippen LogP contribution in [0.15, 0.2) is 47.4 Å². The molecule has 1 aromatic heterocycles. The maximum absolute atomic E-state index is 13.1. The molecule has 0 fully saturated rings. The normalized spacial score (nSPS) is 13.8. The number of rotatable bonds is 4. The minimum absolute atomic E-state index is 0.114. The van der Waals surface area contributed by atoms with E-state index in [0.717, 1.165) is 28.9 Å². The Hall–Kier alpha value is -2.71. The highest BCUT2D eigenvalue weighted by molar-refractivity contribution is 7.93. The van der Waals surface area contributed by atoms with Crippen LogP contribution in [-0.4, -0.2) is 30.8 Å². The largest absolute Gasteiger partial charge is 0.333 e. The molecule has 0 spiro atoms. The van der Waals surface area contributed by atoms with Gasteiger partial charge in [0, 0.05) is 13.1 Å². The van der Waals surface area contributed by atoms with Crippen molar-refractivity contribution in [1.82, 2.24) is 9.88 Å². The topological polar surface area (TPSA) is 79.4 Å². The van der Waals surface area contributed by atoms with Gasteiger partial charge in [0.2, 0.25) is 0 Å². The Balaban J connectivity index is 1.55. The van der Waals surface area contributed by atoms with E-state index >= 15 is 0 Å². The number of amides is 1. The molecule has 6 nitrogen and oxygen atoms in total. The molecule has 8 heteroatoms. The molecule has 4 rings (SSSR count). The first-order valence-electron chi connectivity index (χ1n) is 9.68. The Morgan fingerprint density at radius 2 is 1.83 bits per heavy atom. The molecular formula is C22H23N3O3S2. The molecule has 3 aromatic rings. The van der Waals surface area contributed by atoms with E-state index in [1.54, 1.807) is 30.9 Å². The third-order valence-corrected chi connectivity index (χ3v) is 7.94. The average molecular weight is 442 g/mol. The summed E-state index contributed by atoms with van der Waals surface area (Å²) in [5, 5.41) is 0.202. The van der Waals surface area contributed by atoms with Gasteiger partial charge in [-0.2, -0.15) is 0 Å². The highest BCUT2D eigenvalue weighted by Crippen LogP contribution is 2.29. The van der Waals surface area contributed by atoms with Gasteiger partial charge in [0.05, 0.1) is 10.6 Å². The summed E-state index contributed by atoms with van der Waals surface area (Å²) in [6, 6.07) is 13.3. The van der Waals surface area contributed by atoms with Crippen molar-refractivity contribution in [2.24, 2.45) is 0 Å². The summed E-state index contributed by atoms with van der Waals surface area (Å²) >= 11 is 1.08. The first-order valence-corrected chi connectivity index (χ1v) is 12.0. The Morgan fingerprint density at radius 1 is 1.10 bits per heavy atom. The number of aromatic nitrogens is 1. The molecule has 1 aliphatic rings. The van der Waals surface area contributed by atoms with E-state index in [-0.39, 0.29) is 15.9 Å². The number of benzene rings is 2. The zero-order valence-electron chi connectivity index (χ0n) is 17.1. The third-order valence-electron chi connectivity index (χ3n) is 5.25. The van der Waals surface area contributed by atoms with Crippen molar-refractivity contribution in [2.45, 2.75) is 38.6 Å². The van der Waals surface area contributed by atoms with Gasteiger partial charge in [-0.25, -0.2) is 13.4 Å². The van der Waals surface area contributed by atoms with Gasteiger partial charge >= 0.3 is 0 Å². The molecule has 0 unspecified atom stereocenters. The van der Waals surface area contributed by atoms with Crippen LogP contribution in [0.3, 0.4) is 0 Å². The fourth-order valence-electron chi connectivity index (χ4n) is 3.72. The van der Waals surface area contributed by atoms with E-state index in [9.17, 15) is 13.2 Å². The second kappa shape index (κ2) is 7.85. The lowest BCUT2D eigenvalue weighted by Crippen LogP contribution is -2.35. The summed E-state index contributed by atoms with van der Waals surface area (Å²) in [7, 11) is -3.78. The summed E-state index contributed by atoms with van der Waals surface area (Å²) < 4.78 is 28.2. The molecule has 30 heavy (non-hydrogen) atoms. The van der Waals surface area contributed by atoms with Crippen molar-refractivity contribution in [3.63, 3.8) is 0 Å². The van der Waals surface area contributed by atoms with E-state index in [1.165, 1.54) is 5.56 Å². The second-order valence-corrected chi connectivity index (χ2v) is 10.2. The summed E-state index contributed by atoms with van der Waals surface area (Å²) in [6.45, 7) is 6.60. The van der Waals surface area contributed by atoms with Crippen LogP contribution in [0.1, 0.15) is 37.6 Å². The molecule has 156 valence electrons. The summed E-state index contributed by atoms with van der Waals surface area (Å²) in [5.41, 5.74) is 4.60. The Bertz CT molecular complexity index is 1230. The molecule has 1 N–H and O–H groups in total. The predicted molar refractivity (Wildman–Crippen MR) is 118 cm³/mol. The van der Waals surface area contributed by atoms with E-state index in [1.807, 2.05) is 31.2 Å². The Morgan fingerprint density at radius 3 is 2.57 bits per heavy atom. The fourth-order valence-corrected chi connectivity index (χ4v) is 6.12. The van der Waals surface area contributed by atoms with E-state index < -0.39 is 10.0 Å². The van der Waals surface area contributed by atoms with E-state index in [4.69, 9.17) is 0 Å². The SMILES string of the molecule is Cc1ccc(S(=O)(=O)Nc2nc(C)c(C(=O)N3CCc4ccccc4C3)s2)c(C)c1. The third kappa shape index (κ3) is 3.97. The highest BCUT2D eigenvalue weighted by Gasteiger charge is 2.26. The van der Waals surface area contributed by atoms with Crippen molar-refractivity contribution in [1.29, 1.82) is 0 Å². The molecule has 0 bridgehead atoms. The van der Waals surface area contributed by atoms with Crippen molar-refractivity contribution in [3.8, 4) is 0 Å². The van der Waals surface area contributed by atoms with Gasteiger partial charge in [0.25, 0.3) is 15.9 Å². The van der Waals surface area contributed by atoms with Crippen LogP contribution in [0.25, 0.3) is 0 Å². The maximum atomic E-state index is 13.1. The molecule has 2 aromatic carbocycles. The summed E-state index contributed by atoms with van der Waals surface area (Å²) in [5.74, 6) is -0.114. The fraction of sp³-hybridized carbons (Fsp3) is 0.273. The van der Waals surface area contributed by atoms with Crippen molar-refractivity contribution in [2.75, 3.05) is 11.3 Å². The van der Waals surface area contributed by atoms with Crippen LogP contribution in [0.4, 0.5) is 5.13 Å². The van der Waals surface area contributed by atoms with Crippen LogP contribution in [-0.2, 0) is 23.0 Å². The number of carbonyl (C=O) groups is 1. The highest BCUT2D eigenvalue weighted by atomic mass is 32.2. The van der Waals surface area contributed by atoms with Crippen LogP contribution in [0.2, 0.25) is 0 Å². The van der Waals surface area contributed by atoms with Crippen molar-refractivity contribution < 1.29 is 13.2 Å². The summed E-state index contributed by atoms with van der Waals surface area (Å²) in [4.78, 5) is 19.9. The number of hydrogen-bond donors (Lipinski definition) is 1. The minimum atomic E-state index is -3.78. The smallest absolute Gasteiger partial charge is 0.266 e. The zero-order chi connectivity index (χ0) is 21.5. The number of aryl methyl sites for hydroxylation is 3. The number of anilines is 1. The lowest BCUT2D eigenvalue weighted by atomic mass is 10.00. The second-order valence-electron chi connectivity index (χ2n) is 7.55. The van der Waals surface area contributed by atoms with Gasteiger partial charge in [0.15, 0.2) is 5.13 Å². The molecule has 0 saturated carbocycles. The number of nitrogens with one attached hydrogen (secondary N) is 1. The van der Waals surface area contributed by atoms with Crippen LogP contribution in [0.5, 0.6) is 0 Å². The number of fused-ring (bicyclic) bond motifs is 1. The minimum Gasteiger partial charge on any atom is -0.333 e. The Labute approximate surface area is 180 Å². The monoisotopic (exact) mass is 441 g/mol. The molecule has 1 amide bonds. The predicted octanol–water partition coefficient (Wildman–Crippen LogP) is 4.07. The van der Waals surface area contributed by atoms with Gasteiger partial charge in [0.1, 0.15) is 4.88 Å². The quantitative estimate of drug-likeness (QED) is 0.662. The molecule has 0 saturated heterocycles. The zero-order valence-corrected chi connectivity index (χ0v) is 18.7. The first-order chi connectivity index (χ1) is 14.2. The van der Waals surface area contributed by atoms with Crippen LogP contribution in [0, 0.1) is 20.8 Å². The number of nitrogens with zero attached hydrogens (tertiary/aromatic N) is 2. The molecular weight excluding hydrogens is 418 g/mol. The van der Waals surface area contributed by atoms with E-state index in [2.05, 4.69) is 15.8 Å². The van der Waals surface area contributed by atoms with Gasteiger partial charge in [-0.3, -0.25) is 9.52 Å². The molecule has 0 atom stereocenters. The van der Waals surface area contributed by atoms with Gasteiger partial charge < -0.3 is 4.90 Å². The lowest BCUT2D eigenvalue weighted by molar-refractivity contribution is 0.0738. The van der Waals surface area contributed by atoms with Gasteiger partial charge in [-0.15, -0.1) is 0 Å². The molecule has 2 heterocycles. The van der Waals surface area contributed by atoms with Crippen molar-refractivity contribution >= 4 is 32.4 Å². The Kier molecular flexibility index (Phi) is 5.38. The van der Waals surface area contributed by atoms with E-state index in [0.29, 0.717) is 29.2 Å². The molecule has 0 aliphatic carbocycles.